The number of carbonyl (C=O) groups is 1. The van der Waals surface area contributed by atoms with Gasteiger partial charge < -0.3 is 9.64 Å². The van der Waals surface area contributed by atoms with Crippen molar-refractivity contribution in [3.05, 3.63) is 35.9 Å². The van der Waals surface area contributed by atoms with Crippen LogP contribution in [0.1, 0.15) is 37.3 Å². The minimum absolute atomic E-state index is 0.199. The van der Waals surface area contributed by atoms with Gasteiger partial charge in [-0.3, -0.25) is 5.32 Å². The smallest absolute Gasteiger partial charge is 0.327 e. The third-order valence-electron chi connectivity index (χ3n) is 4.79. The van der Waals surface area contributed by atoms with Gasteiger partial charge >= 0.3 is 5.97 Å². The number of ether oxygens (including phenoxy) is 1. The standard InChI is InChI=1S/C17H24N2O2/c1-21-17(20)16(13-6-3-2-4-7-13)18-14-9-11-19-10-5-8-15(19)12-14/h2-4,6-7,14-16,18H,5,8-12H2,1H3. The van der Waals surface area contributed by atoms with Crippen molar-refractivity contribution in [1.29, 1.82) is 0 Å². The number of hydrogen-bond donors (Lipinski definition) is 1. The third-order valence-corrected chi connectivity index (χ3v) is 4.79. The first-order valence-electron chi connectivity index (χ1n) is 7.91. The zero-order chi connectivity index (χ0) is 14.7. The van der Waals surface area contributed by atoms with Crippen LogP contribution in [0.15, 0.2) is 30.3 Å². The number of rotatable bonds is 4. The fourth-order valence-corrected chi connectivity index (χ4v) is 3.68. The van der Waals surface area contributed by atoms with Gasteiger partial charge in [0.1, 0.15) is 6.04 Å². The molecule has 0 saturated carbocycles. The van der Waals surface area contributed by atoms with E-state index in [0.717, 1.165) is 24.9 Å². The summed E-state index contributed by atoms with van der Waals surface area (Å²) in [5, 5.41) is 3.53. The number of nitrogens with zero attached hydrogens (tertiary/aromatic N) is 1. The second-order valence-corrected chi connectivity index (χ2v) is 6.09. The van der Waals surface area contributed by atoms with E-state index < -0.39 is 0 Å². The molecule has 3 rings (SSSR count). The van der Waals surface area contributed by atoms with E-state index in [9.17, 15) is 4.79 Å². The lowest BCUT2D eigenvalue weighted by atomic mass is 9.95. The van der Waals surface area contributed by atoms with Crippen LogP contribution in [0.3, 0.4) is 0 Å². The summed E-state index contributed by atoms with van der Waals surface area (Å²) in [5.41, 5.74) is 0.984. The largest absolute Gasteiger partial charge is 0.468 e. The minimum Gasteiger partial charge on any atom is -0.468 e. The van der Waals surface area contributed by atoms with Crippen molar-refractivity contribution >= 4 is 5.97 Å². The highest BCUT2D eigenvalue weighted by Crippen LogP contribution is 2.28. The Bertz CT molecular complexity index is 477. The summed E-state index contributed by atoms with van der Waals surface area (Å²) in [6.07, 6.45) is 4.86. The molecule has 114 valence electrons. The predicted octanol–water partition coefficient (Wildman–Crippen LogP) is 2.12. The quantitative estimate of drug-likeness (QED) is 0.862. The summed E-state index contributed by atoms with van der Waals surface area (Å²) in [4.78, 5) is 14.7. The van der Waals surface area contributed by atoms with Crippen LogP contribution in [-0.4, -0.2) is 43.2 Å². The molecule has 0 radical (unpaired) electrons. The molecule has 1 N–H and O–H groups in total. The number of methoxy groups -OCH3 is 1. The molecule has 2 heterocycles. The second-order valence-electron chi connectivity index (χ2n) is 6.09. The van der Waals surface area contributed by atoms with E-state index in [2.05, 4.69) is 10.2 Å². The Morgan fingerprint density at radius 3 is 2.86 bits per heavy atom. The number of nitrogens with one attached hydrogen (secondary N) is 1. The monoisotopic (exact) mass is 288 g/mol. The summed E-state index contributed by atoms with van der Waals surface area (Å²) in [6, 6.07) is 10.6. The number of fused-ring (bicyclic) bond motifs is 1. The van der Waals surface area contributed by atoms with Gasteiger partial charge in [0.15, 0.2) is 0 Å². The molecule has 0 aliphatic carbocycles. The number of hydrogen-bond acceptors (Lipinski definition) is 4. The van der Waals surface area contributed by atoms with E-state index in [1.54, 1.807) is 0 Å². The Balaban J connectivity index is 1.68. The molecule has 4 heteroatoms. The zero-order valence-corrected chi connectivity index (χ0v) is 12.6. The van der Waals surface area contributed by atoms with Gasteiger partial charge in [-0.05, 0) is 44.3 Å². The minimum atomic E-state index is -0.353. The molecule has 3 unspecified atom stereocenters. The van der Waals surface area contributed by atoms with Crippen LogP contribution >= 0.6 is 0 Å². The molecule has 0 aromatic heterocycles. The van der Waals surface area contributed by atoms with Gasteiger partial charge in [0.25, 0.3) is 0 Å². The maximum absolute atomic E-state index is 12.1. The van der Waals surface area contributed by atoms with Crippen molar-refractivity contribution in [3.8, 4) is 0 Å². The summed E-state index contributed by atoms with van der Waals surface area (Å²) >= 11 is 0. The summed E-state index contributed by atoms with van der Waals surface area (Å²) in [7, 11) is 1.46. The molecule has 2 fully saturated rings. The van der Waals surface area contributed by atoms with Gasteiger partial charge in [0, 0.05) is 12.1 Å². The van der Waals surface area contributed by atoms with Gasteiger partial charge in [0.05, 0.1) is 7.11 Å². The van der Waals surface area contributed by atoms with Crippen molar-refractivity contribution in [3.63, 3.8) is 0 Å². The van der Waals surface area contributed by atoms with Gasteiger partial charge in [-0.2, -0.15) is 0 Å². The van der Waals surface area contributed by atoms with Crippen molar-refractivity contribution in [1.82, 2.24) is 10.2 Å². The Morgan fingerprint density at radius 1 is 1.29 bits per heavy atom. The Morgan fingerprint density at radius 2 is 2.10 bits per heavy atom. The molecule has 0 spiro atoms. The van der Waals surface area contributed by atoms with Crippen LogP contribution in [0, 0.1) is 0 Å². The fraction of sp³-hybridized carbons (Fsp3) is 0.588. The first-order valence-corrected chi connectivity index (χ1v) is 7.91. The van der Waals surface area contributed by atoms with Crippen LogP contribution in [0.4, 0.5) is 0 Å². The van der Waals surface area contributed by atoms with Crippen molar-refractivity contribution in [2.24, 2.45) is 0 Å². The van der Waals surface area contributed by atoms with Crippen LogP contribution in [-0.2, 0) is 9.53 Å². The molecule has 3 atom stereocenters. The van der Waals surface area contributed by atoms with E-state index in [1.165, 1.54) is 26.5 Å². The molecule has 21 heavy (non-hydrogen) atoms. The van der Waals surface area contributed by atoms with Gasteiger partial charge in [0.2, 0.25) is 0 Å². The lowest BCUT2D eigenvalue weighted by Crippen LogP contribution is -2.48. The van der Waals surface area contributed by atoms with E-state index in [1.807, 2.05) is 30.3 Å². The highest BCUT2D eigenvalue weighted by atomic mass is 16.5. The lowest BCUT2D eigenvalue weighted by molar-refractivity contribution is -0.143. The van der Waals surface area contributed by atoms with Crippen LogP contribution < -0.4 is 5.32 Å². The van der Waals surface area contributed by atoms with E-state index in [4.69, 9.17) is 4.74 Å². The Kier molecular flexibility index (Phi) is 4.56. The van der Waals surface area contributed by atoms with Crippen molar-refractivity contribution in [2.45, 2.75) is 43.8 Å². The van der Waals surface area contributed by atoms with Crippen LogP contribution in [0.2, 0.25) is 0 Å². The average molecular weight is 288 g/mol. The molecule has 0 bridgehead atoms. The third kappa shape index (κ3) is 3.27. The highest BCUT2D eigenvalue weighted by Gasteiger charge is 2.34. The Labute approximate surface area is 126 Å². The molecule has 4 nitrogen and oxygen atoms in total. The maximum atomic E-state index is 12.1. The van der Waals surface area contributed by atoms with Crippen LogP contribution in [0.25, 0.3) is 0 Å². The lowest BCUT2D eigenvalue weighted by Gasteiger charge is -2.36. The topological polar surface area (TPSA) is 41.6 Å². The zero-order valence-electron chi connectivity index (χ0n) is 12.6. The molecule has 0 amide bonds. The molecular weight excluding hydrogens is 264 g/mol. The van der Waals surface area contributed by atoms with Crippen molar-refractivity contribution in [2.75, 3.05) is 20.2 Å². The van der Waals surface area contributed by atoms with Crippen LogP contribution in [0.5, 0.6) is 0 Å². The number of piperidine rings is 1. The molecule has 1 aromatic rings. The number of benzene rings is 1. The normalized spacial score (nSPS) is 27.1. The van der Waals surface area contributed by atoms with E-state index >= 15 is 0 Å². The molecule has 2 aliphatic rings. The maximum Gasteiger partial charge on any atom is 0.327 e. The van der Waals surface area contributed by atoms with Gasteiger partial charge in [-0.25, -0.2) is 4.79 Å². The fourth-order valence-electron chi connectivity index (χ4n) is 3.68. The van der Waals surface area contributed by atoms with Crippen molar-refractivity contribution < 1.29 is 9.53 Å². The predicted molar refractivity (Wildman–Crippen MR) is 82.0 cm³/mol. The van der Waals surface area contributed by atoms with E-state index in [-0.39, 0.29) is 12.0 Å². The SMILES string of the molecule is COC(=O)C(NC1CCN2CCCC2C1)c1ccccc1. The first kappa shape index (κ1) is 14.5. The number of carbonyl (C=O) groups excluding carboxylic acids is 1. The Hall–Kier alpha value is -1.39. The molecule has 2 saturated heterocycles. The number of esters is 1. The molecule has 2 aliphatic heterocycles. The van der Waals surface area contributed by atoms with Gasteiger partial charge in [-0.1, -0.05) is 30.3 Å². The van der Waals surface area contributed by atoms with Gasteiger partial charge in [-0.15, -0.1) is 0 Å². The summed E-state index contributed by atoms with van der Waals surface area (Å²) < 4.78 is 4.98. The summed E-state index contributed by atoms with van der Waals surface area (Å²) in [6.45, 7) is 2.39. The molecule has 1 aromatic carbocycles. The van der Waals surface area contributed by atoms with E-state index in [0.29, 0.717) is 12.1 Å². The highest BCUT2D eigenvalue weighted by molar-refractivity contribution is 5.77. The average Bonchev–Trinajstić information content (AvgIpc) is 3.00. The molecular formula is C17H24N2O2. The first-order chi connectivity index (χ1) is 10.3. The summed E-state index contributed by atoms with van der Waals surface area (Å²) in [5.74, 6) is -0.199. The second kappa shape index (κ2) is 6.58.